The molecule has 0 aromatic heterocycles. The predicted molar refractivity (Wildman–Crippen MR) is 96.0 cm³/mol. The van der Waals surface area contributed by atoms with E-state index in [1.165, 1.54) is 24.7 Å². The molecule has 0 saturated heterocycles. The van der Waals surface area contributed by atoms with Crippen molar-refractivity contribution in [2.75, 3.05) is 7.11 Å². The van der Waals surface area contributed by atoms with Gasteiger partial charge in [0.25, 0.3) is 0 Å². The van der Waals surface area contributed by atoms with Gasteiger partial charge in [-0.2, -0.15) is 0 Å². The summed E-state index contributed by atoms with van der Waals surface area (Å²) in [5.74, 6) is 0.794. The van der Waals surface area contributed by atoms with Gasteiger partial charge >= 0.3 is 5.97 Å². The maximum atomic E-state index is 12.5. The number of hydrogen-bond donors (Lipinski definition) is 0. The molecular weight excluding hydrogens is 284 g/mol. The van der Waals surface area contributed by atoms with E-state index in [-0.39, 0.29) is 16.8 Å². The quantitative estimate of drug-likeness (QED) is 0.391. The number of allylic oxidation sites excluding steroid dienone is 4. The van der Waals surface area contributed by atoms with Crippen molar-refractivity contribution in [3.8, 4) is 0 Å². The summed E-state index contributed by atoms with van der Waals surface area (Å²) in [6, 6.07) is 0. The number of esters is 1. The Morgan fingerprint density at radius 1 is 1.39 bits per heavy atom. The third kappa shape index (κ3) is 3.05. The normalized spacial score (nSPS) is 37.9. The lowest BCUT2D eigenvalue weighted by atomic mass is 9.46. The Labute approximate surface area is 141 Å². The van der Waals surface area contributed by atoms with E-state index < -0.39 is 0 Å². The summed E-state index contributed by atoms with van der Waals surface area (Å²) in [5, 5.41) is 0. The minimum atomic E-state index is -0.349. The van der Waals surface area contributed by atoms with Crippen molar-refractivity contribution in [3.63, 3.8) is 0 Å². The second kappa shape index (κ2) is 6.67. The standard InChI is InChI=1S/C21H32O2/c1-7-15(2)9-11-17-16(3)10-12-18-20(17,4)13-8-14-21(18,5)19(22)23-6/h7,9,17-18H,1,3,8,10-14H2,2,4-6H3/b15-9-/t17-,18+,20+,21+/m1/s1. The maximum Gasteiger partial charge on any atom is 0.311 e. The smallest absolute Gasteiger partial charge is 0.311 e. The van der Waals surface area contributed by atoms with Gasteiger partial charge in [0.15, 0.2) is 0 Å². The molecule has 0 aliphatic heterocycles. The van der Waals surface area contributed by atoms with Gasteiger partial charge in [-0.05, 0) is 63.2 Å². The minimum Gasteiger partial charge on any atom is -0.469 e. The van der Waals surface area contributed by atoms with E-state index in [2.05, 4.69) is 40.0 Å². The molecule has 0 amide bonds. The Balaban J connectivity index is 2.36. The van der Waals surface area contributed by atoms with Gasteiger partial charge in [0.05, 0.1) is 12.5 Å². The van der Waals surface area contributed by atoms with Gasteiger partial charge < -0.3 is 4.74 Å². The second-order valence-electron chi connectivity index (χ2n) is 7.96. The molecule has 2 aliphatic rings. The van der Waals surface area contributed by atoms with Crippen LogP contribution in [-0.2, 0) is 9.53 Å². The summed E-state index contributed by atoms with van der Waals surface area (Å²) < 4.78 is 5.18. The largest absolute Gasteiger partial charge is 0.469 e. The summed E-state index contributed by atoms with van der Waals surface area (Å²) in [5.41, 5.74) is 2.35. The Kier molecular flexibility index (Phi) is 5.23. The van der Waals surface area contributed by atoms with Gasteiger partial charge in [-0.25, -0.2) is 0 Å². The van der Waals surface area contributed by atoms with Crippen LogP contribution in [0.2, 0.25) is 0 Å². The number of hydrogen-bond acceptors (Lipinski definition) is 2. The second-order valence-corrected chi connectivity index (χ2v) is 7.96. The predicted octanol–water partition coefficient (Wildman–Crippen LogP) is 5.46. The molecular formula is C21H32O2. The van der Waals surface area contributed by atoms with E-state index in [0.29, 0.717) is 11.8 Å². The topological polar surface area (TPSA) is 26.3 Å². The highest BCUT2D eigenvalue weighted by Gasteiger charge is 2.57. The Morgan fingerprint density at radius 2 is 2.09 bits per heavy atom. The fourth-order valence-corrected chi connectivity index (χ4v) is 5.25. The molecule has 0 bridgehead atoms. The van der Waals surface area contributed by atoms with Crippen LogP contribution in [-0.4, -0.2) is 13.1 Å². The third-order valence-corrected chi connectivity index (χ3v) is 6.67. The van der Waals surface area contributed by atoms with Gasteiger partial charge in [-0.15, -0.1) is 0 Å². The minimum absolute atomic E-state index is 0.0301. The van der Waals surface area contributed by atoms with Crippen LogP contribution in [0, 0.1) is 22.7 Å². The first-order valence-corrected chi connectivity index (χ1v) is 8.85. The van der Waals surface area contributed by atoms with Crippen LogP contribution in [0.1, 0.15) is 59.3 Å². The van der Waals surface area contributed by atoms with Crippen molar-refractivity contribution in [1.82, 2.24) is 0 Å². The zero-order chi connectivity index (χ0) is 17.3. The molecule has 23 heavy (non-hydrogen) atoms. The molecule has 0 heterocycles. The van der Waals surface area contributed by atoms with Crippen molar-refractivity contribution in [2.45, 2.75) is 59.3 Å². The highest BCUT2D eigenvalue weighted by molar-refractivity contribution is 5.77. The van der Waals surface area contributed by atoms with Crippen LogP contribution in [0.3, 0.4) is 0 Å². The van der Waals surface area contributed by atoms with Crippen molar-refractivity contribution >= 4 is 5.97 Å². The fraction of sp³-hybridized carbons (Fsp3) is 0.667. The molecule has 128 valence electrons. The summed E-state index contributed by atoms with van der Waals surface area (Å²) in [7, 11) is 1.52. The molecule has 2 heteroatoms. The summed E-state index contributed by atoms with van der Waals surface area (Å²) >= 11 is 0. The van der Waals surface area contributed by atoms with E-state index in [9.17, 15) is 4.79 Å². The van der Waals surface area contributed by atoms with E-state index >= 15 is 0 Å². The highest BCUT2D eigenvalue weighted by atomic mass is 16.5. The molecule has 0 radical (unpaired) electrons. The molecule has 2 fully saturated rings. The van der Waals surface area contributed by atoms with Crippen LogP contribution in [0.15, 0.2) is 36.5 Å². The lowest BCUT2D eigenvalue weighted by Gasteiger charge is -2.57. The number of carbonyl (C=O) groups excluding carboxylic acids is 1. The van der Waals surface area contributed by atoms with Crippen molar-refractivity contribution in [2.24, 2.45) is 22.7 Å². The molecule has 2 aliphatic carbocycles. The van der Waals surface area contributed by atoms with E-state index in [0.717, 1.165) is 32.1 Å². The van der Waals surface area contributed by atoms with Crippen LogP contribution in [0.5, 0.6) is 0 Å². The molecule has 2 saturated carbocycles. The van der Waals surface area contributed by atoms with Crippen molar-refractivity contribution in [3.05, 3.63) is 36.5 Å². The van der Waals surface area contributed by atoms with Crippen molar-refractivity contribution in [1.29, 1.82) is 0 Å². The molecule has 2 rings (SSSR count). The number of ether oxygens (including phenoxy) is 1. The zero-order valence-corrected chi connectivity index (χ0v) is 15.3. The molecule has 4 atom stereocenters. The Hall–Kier alpha value is -1.31. The van der Waals surface area contributed by atoms with Gasteiger partial charge in [0, 0.05) is 0 Å². The van der Waals surface area contributed by atoms with Crippen LogP contribution < -0.4 is 0 Å². The molecule has 0 unspecified atom stereocenters. The first-order valence-electron chi connectivity index (χ1n) is 8.85. The highest BCUT2D eigenvalue weighted by Crippen LogP contribution is 2.62. The fourth-order valence-electron chi connectivity index (χ4n) is 5.25. The zero-order valence-electron chi connectivity index (χ0n) is 15.3. The van der Waals surface area contributed by atoms with Gasteiger partial charge in [0.2, 0.25) is 0 Å². The number of carbonyl (C=O) groups is 1. The molecule has 2 nitrogen and oxygen atoms in total. The molecule has 0 aromatic rings. The van der Waals surface area contributed by atoms with E-state index in [4.69, 9.17) is 4.74 Å². The summed E-state index contributed by atoms with van der Waals surface area (Å²) in [4.78, 5) is 12.5. The van der Waals surface area contributed by atoms with Crippen LogP contribution in [0.4, 0.5) is 0 Å². The van der Waals surface area contributed by atoms with E-state index in [1.807, 2.05) is 6.08 Å². The SMILES string of the molecule is C=C/C(C)=C\C[C@@H]1C(=C)CC[C@H]2[C@@]1(C)CCC[C@]2(C)C(=O)OC. The monoisotopic (exact) mass is 316 g/mol. The van der Waals surface area contributed by atoms with E-state index in [1.54, 1.807) is 0 Å². The van der Waals surface area contributed by atoms with Gasteiger partial charge in [-0.1, -0.05) is 49.8 Å². The molecule has 0 aromatic carbocycles. The Bertz CT molecular complexity index is 530. The molecule has 0 spiro atoms. The van der Waals surface area contributed by atoms with Crippen LogP contribution >= 0.6 is 0 Å². The number of fused-ring (bicyclic) bond motifs is 1. The third-order valence-electron chi connectivity index (χ3n) is 6.67. The molecule has 0 N–H and O–H groups in total. The number of methoxy groups -OCH3 is 1. The summed E-state index contributed by atoms with van der Waals surface area (Å²) in [6.45, 7) is 14.8. The Morgan fingerprint density at radius 3 is 2.70 bits per heavy atom. The van der Waals surface area contributed by atoms with Gasteiger partial charge in [-0.3, -0.25) is 4.79 Å². The maximum absolute atomic E-state index is 12.5. The first-order chi connectivity index (χ1) is 10.8. The average molecular weight is 316 g/mol. The first kappa shape index (κ1) is 18.0. The van der Waals surface area contributed by atoms with Crippen LogP contribution in [0.25, 0.3) is 0 Å². The van der Waals surface area contributed by atoms with Gasteiger partial charge in [0.1, 0.15) is 0 Å². The lowest BCUT2D eigenvalue weighted by Crippen LogP contribution is -2.53. The number of rotatable bonds is 4. The van der Waals surface area contributed by atoms with Crippen molar-refractivity contribution < 1.29 is 9.53 Å². The lowest BCUT2D eigenvalue weighted by molar-refractivity contribution is -0.167. The summed E-state index contributed by atoms with van der Waals surface area (Å²) in [6.07, 6.45) is 10.5. The average Bonchev–Trinajstić information content (AvgIpc) is 2.52.